The fraction of sp³-hybridized carbons (Fsp3) is 0.571. The van der Waals surface area contributed by atoms with Gasteiger partial charge in [-0.3, -0.25) is 9.89 Å². The number of rotatable bonds is 5. The minimum atomic E-state index is 0.486. The van der Waals surface area contributed by atoms with E-state index in [4.69, 9.17) is 0 Å². The Kier molecular flexibility index (Phi) is 6.51. The molecular weight excluding hydrogens is 308 g/mol. The van der Waals surface area contributed by atoms with Crippen LogP contribution in [0, 0.1) is 0 Å². The van der Waals surface area contributed by atoms with E-state index < -0.39 is 0 Å². The molecule has 4 nitrogen and oxygen atoms in total. The number of nitrogens with one attached hydrogen (secondary N) is 2. The van der Waals surface area contributed by atoms with Gasteiger partial charge in [0.15, 0.2) is 5.96 Å². The minimum Gasteiger partial charge on any atom is -0.353 e. The van der Waals surface area contributed by atoms with Crippen molar-refractivity contribution in [2.24, 2.45) is 4.99 Å². The van der Waals surface area contributed by atoms with Gasteiger partial charge in [0.1, 0.15) is 0 Å². The zero-order valence-electron chi connectivity index (χ0n) is 15.7. The number of nitrogens with zero attached hydrogens (tertiary/aromatic N) is 2. The first-order valence-electron chi connectivity index (χ1n) is 9.68. The maximum absolute atomic E-state index is 4.33. The van der Waals surface area contributed by atoms with E-state index in [0.717, 1.165) is 37.9 Å². The van der Waals surface area contributed by atoms with Crippen LogP contribution in [0.1, 0.15) is 50.2 Å². The van der Waals surface area contributed by atoms with Crippen molar-refractivity contribution in [3.05, 3.63) is 47.5 Å². The highest BCUT2D eigenvalue weighted by Gasteiger charge is 2.18. The molecule has 0 bridgehead atoms. The smallest absolute Gasteiger partial charge is 0.191 e. The van der Waals surface area contributed by atoms with Gasteiger partial charge in [0.25, 0.3) is 0 Å². The molecule has 1 aliphatic carbocycles. The Hall–Kier alpha value is -1.81. The average Bonchev–Trinajstić information content (AvgIpc) is 3.15. The molecule has 25 heavy (non-hydrogen) atoms. The molecule has 1 aromatic rings. The molecule has 1 aliphatic heterocycles. The molecule has 0 radical (unpaired) electrons. The van der Waals surface area contributed by atoms with Gasteiger partial charge < -0.3 is 10.6 Å². The van der Waals surface area contributed by atoms with E-state index in [1.54, 1.807) is 0 Å². The lowest BCUT2D eigenvalue weighted by Crippen LogP contribution is -2.42. The summed E-state index contributed by atoms with van der Waals surface area (Å²) in [6.45, 7) is 5.48. The van der Waals surface area contributed by atoms with Crippen molar-refractivity contribution in [2.75, 3.05) is 13.6 Å². The Bertz CT molecular complexity index is 582. The highest BCUT2D eigenvalue weighted by atomic mass is 15.2. The Morgan fingerprint density at radius 1 is 1.12 bits per heavy atom. The van der Waals surface area contributed by atoms with Crippen molar-refractivity contribution in [2.45, 2.75) is 64.2 Å². The highest BCUT2D eigenvalue weighted by molar-refractivity contribution is 5.80. The fourth-order valence-electron chi connectivity index (χ4n) is 3.70. The van der Waals surface area contributed by atoms with Crippen molar-refractivity contribution < 1.29 is 0 Å². The lowest BCUT2D eigenvalue weighted by Gasteiger charge is -2.33. The van der Waals surface area contributed by atoms with E-state index in [9.17, 15) is 0 Å². The summed E-state index contributed by atoms with van der Waals surface area (Å²) in [5.41, 5.74) is 2.71. The van der Waals surface area contributed by atoms with E-state index in [2.05, 4.69) is 63.9 Å². The predicted molar refractivity (Wildman–Crippen MR) is 106 cm³/mol. The maximum Gasteiger partial charge on any atom is 0.191 e. The second-order valence-corrected chi connectivity index (χ2v) is 7.34. The molecule has 1 unspecified atom stereocenters. The molecule has 1 fully saturated rings. The monoisotopic (exact) mass is 340 g/mol. The molecule has 1 saturated heterocycles. The van der Waals surface area contributed by atoms with Gasteiger partial charge in [-0.15, -0.1) is 0 Å². The molecule has 0 spiro atoms. The molecule has 1 heterocycles. The number of hydrogen-bond acceptors (Lipinski definition) is 2. The quantitative estimate of drug-likeness (QED) is 0.490. The standard InChI is InChI=1S/C21H32N4/c1-17-7-5-6-14-25(17)16-19-12-10-18(11-13-19)15-23-21(22-2)24-20-8-3-4-9-20/h3-4,10-13,17,20H,5-9,14-16H2,1-2H3,(H2,22,23,24). The number of likely N-dealkylation sites (tertiary alicyclic amines) is 1. The third kappa shape index (κ3) is 5.33. The van der Waals surface area contributed by atoms with E-state index in [1.165, 1.54) is 36.9 Å². The van der Waals surface area contributed by atoms with E-state index in [1.807, 2.05) is 7.05 Å². The summed E-state index contributed by atoms with van der Waals surface area (Å²) in [6, 6.07) is 10.2. The summed E-state index contributed by atoms with van der Waals surface area (Å²) in [5.74, 6) is 0.889. The van der Waals surface area contributed by atoms with Crippen LogP contribution in [-0.4, -0.2) is 36.5 Å². The molecule has 0 saturated carbocycles. The molecule has 3 rings (SSSR count). The minimum absolute atomic E-state index is 0.486. The number of guanidine groups is 1. The predicted octanol–water partition coefficient (Wildman–Crippen LogP) is 3.44. The van der Waals surface area contributed by atoms with Crippen molar-refractivity contribution in [3.63, 3.8) is 0 Å². The molecule has 1 atom stereocenters. The molecule has 0 aromatic heterocycles. The maximum atomic E-state index is 4.33. The summed E-state index contributed by atoms with van der Waals surface area (Å²) in [6.07, 6.45) is 10.7. The molecule has 4 heteroatoms. The van der Waals surface area contributed by atoms with Gasteiger partial charge in [-0.2, -0.15) is 0 Å². The normalized spacial score (nSPS) is 22.3. The third-order valence-corrected chi connectivity index (χ3v) is 5.38. The number of aliphatic imine (C=N–C) groups is 1. The van der Waals surface area contributed by atoms with Gasteiger partial charge >= 0.3 is 0 Å². The fourth-order valence-corrected chi connectivity index (χ4v) is 3.70. The second-order valence-electron chi connectivity index (χ2n) is 7.34. The molecule has 2 aliphatic rings. The highest BCUT2D eigenvalue weighted by Crippen LogP contribution is 2.19. The Balaban J connectivity index is 1.46. The molecular formula is C21H32N4. The number of benzene rings is 1. The van der Waals surface area contributed by atoms with Gasteiger partial charge in [0.2, 0.25) is 0 Å². The number of hydrogen-bond donors (Lipinski definition) is 2. The van der Waals surface area contributed by atoms with Crippen LogP contribution in [0.25, 0.3) is 0 Å². The number of piperidine rings is 1. The van der Waals surface area contributed by atoms with Crippen LogP contribution in [0.3, 0.4) is 0 Å². The van der Waals surface area contributed by atoms with Crippen LogP contribution in [-0.2, 0) is 13.1 Å². The largest absolute Gasteiger partial charge is 0.353 e. The topological polar surface area (TPSA) is 39.7 Å². The summed E-state index contributed by atoms with van der Waals surface area (Å²) in [4.78, 5) is 6.94. The van der Waals surface area contributed by atoms with Crippen LogP contribution in [0.2, 0.25) is 0 Å². The lowest BCUT2D eigenvalue weighted by molar-refractivity contribution is 0.152. The first-order valence-corrected chi connectivity index (χ1v) is 9.68. The van der Waals surface area contributed by atoms with Crippen molar-refractivity contribution >= 4 is 5.96 Å². The third-order valence-electron chi connectivity index (χ3n) is 5.38. The van der Waals surface area contributed by atoms with Crippen LogP contribution >= 0.6 is 0 Å². The van der Waals surface area contributed by atoms with Gasteiger partial charge in [-0.25, -0.2) is 0 Å². The van der Waals surface area contributed by atoms with E-state index in [0.29, 0.717) is 6.04 Å². The van der Waals surface area contributed by atoms with Crippen LogP contribution in [0.4, 0.5) is 0 Å². The van der Waals surface area contributed by atoms with Crippen molar-refractivity contribution in [1.29, 1.82) is 0 Å². The first-order chi connectivity index (χ1) is 12.2. The van der Waals surface area contributed by atoms with E-state index in [-0.39, 0.29) is 0 Å². The zero-order valence-corrected chi connectivity index (χ0v) is 15.7. The van der Waals surface area contributed by atoms with Gasteiger partial charge in [-0.1, -0.05) is 42.8 Å². The average molecular weight is 341 g/mol. The van der Waals surface area contributed by atoms with Crippen molar-refractivity contribution in [1.82, 2.24) is 15.5 Å². The molecule has 1 aromatic carbocycles. The summed E-state index contributed by atoms with van der Waals surface area (Å²) in [7, 11) is 1.83. The Labute approximate surface area is 152 Å². The van der Waals surface area contributed by atoms with Crippen LogP contribution in [0.15, 0.2) is 41.4 Å². The molecule has 0 amide bonds. The second kappa shape index (κ2) is 9.04. The summed E-state index contributed by atoms with van der Waals surface area (Å²) < 4.78 is 0. The molecule has 2 N–H and O–H groups in total. The van der Waals surface area contributed by atoms with Crippen molar-refractivity contribution in [3.8, 4) is 0 Å². The van der Waals surface area contributed by atoms with Gasteiger partial charge in [-0.05, 0) is 50.3 Å². The SMILES string of the molecule is CN=C(NCc1ccc(CN2CCCCC2C)cc1)NC1CC=CC1. The molecule has 136 valence electrons. The summed E-state index contributed by atoms with van der Waals surface area (Å²) in [5, 5.41) is 6.90. The van der Waals surface area contributed by atoms with E-state index >= 15 is 0 Å². The van der Waals surface area contributed by atoms with Crippen LogP contribution in [0.5, 0.6) is 0 Å². The van der Waals surface area contributed by atoms with Gasteiger partial charge in [0, 0.05) is 32.2 Å². The first kappa shape index (κ1) is 18.0. The van der Waals surface area contributed by atoms with Gasteiger partial charge in [0.05, 0.1) is 0 Å². The Morgan fingerprint density at radius 2 is 1.84 bits per heavy atom. The summed E-state index contributed by atoms with van der Waals surface area (Å²) >= 11 is 0. The zero-order chi connectivity index (χ0) is 17.5. The lowest BCUT2D eigenvalue weighted by atomic mass is 10.0. The van der Waals surface area contributed by atoms with Crippen LogP contribution < -0.4 is 10.6 Å². The Morgan fingerprint density at radius 3 is 2.52 bits per heavy atom.